The molecule has 1 aliphatic rings. The Bertz CT molecular complexity index is 389. The fourth-order valence-electron chi connectivity index (χ4n) is 1.16. The standard InChI is InChI=1S/C7H8N4O3S/c8-7-10-9-4(15-7)1-11-5(12)2-14-3-6(11)13/h1-3H2,(H2,8,10). The highest BCUT2D eigenvalue weighted by Gasteiger charge is 2.27. The lowest BCUT2D eigenvalue weighted by atomic mass is 10.4. The molecule has 0 saturated carbocycles. The molecule has 8 heteroatoms. The summed E-state index contributed by atoms with van der Waals surface area (Å²) >= 11 is 1.15. The molecule has 15 heavy (non-hydrogen) atoms. The van der Waals surface area contributed by atoms with Crippen molar-refractivity contribution in [2.24, 2.45) is 0 Å². The first-order valence-corrected chi connectivity index (χ1v) is 4.97. The van der Waals surface area contributed by atoms with Gasteiger partial charge in [0.2, 0.25) is 5.13 Å². The van der Waals surface area contributed by atoms with E-state index in [2.05, 4.69) is 10.2 Å². The van der Waals surface area contributed by atoms with Gasteiger partial charge in [0.1, 0.15) is 18.2 Å². The number of anilines is 1. The van der Waals surface area contributed by atoms with Crippen LogP contribution in [0.4, 0.5) is 5.13 Å². The maximum atomic E-state index is 11.3. The van der Waals surface area contributed by atoms with E-state index in [9.17, 15) is 9.59 Å². The smallest absolute Gasteiger partial charge is 0.255 e. The van der Waals surface area contributed by atoms with E-state index in [0.717, 1.165) is 16.2 Å². The fraction of sp³-hybridized carbons (Fsp3) is 0.429. The molecular formula is C7H8N4O3S. The first-order valence-electron chi connectivity index (χ1n) is 4.15. The van der Waals surface area contributed by atoms with Gasteiger partial charge in [-0.05, 0) is 0 Å². The van der Waals surface area contributed by atoms with Crippen molar-refractivity contribution in [3.63, 3.8) is 0 Å². The molecule has 0 atom stereocenters. The van der Waals surface area contributed by atoms with Gasteiger partial charge in [0.15, 0.2) is 0 Å². The van der Waals surface area contributed by atoms with Crippen LogP contribution in [0.1, 0.15) is 5.01 Å². The first kappa shape index (κ1) is 9.99. The van der Waals surface area contributed by atoms with Crippen molar-refractivity contribution in [3.05, 3.63) is 5.01 Å². The molecule has 0 radical (unpaired) electrons. The van der Waals surface area contributed by atoms with Gasteiger partial charge in [-0.15, -0.1) is 10.2 Å². The third-order valence-electron chi connectivity index (χ3n) is 1.83. The molecule has 2 N–H and O–H groups in total. The molecule has 1 aromatic heterocycles. The molecule has 2 heterocycles. The molecule has 0 unspecified atom stereocenters. The Morgan fingerprint density at radius 3 is 2.53 bits per heavy atom. The van der Waals surface area contributed by atoms with Crippen LogP contribution < -0.4 is 5.73 Å². The minimum absolute atomic E-state index is 0.0694. The SMILES string of the molecule is Nc1nnc(CN2C(=O)COCC2=O)s1. The van der Waals surface area contributed by atoms with E-state index < -0.39 is 0 Å². The molecule has 7 nitrogen and oxygen atoms in total. The summed E-state index contributed by atoms with van der Waals surface area (Å²) in [6.07, 6.45) is 0. The van der Waals surface area contributed by atoms with Gasteiger partial charge in [-0.1, -0.05) is 11.3 Å². The number of amides is 2. The number of hydrogen-bond donors (Lipinski definition) is 1. The number of hydrogen-bond acceptors (Lipinski definition) is 7. The molecule has 0 aliphatic carbocycles. The maximum absolute atomic E-state index is 11.3. The molecule has 0 bridgehead atoms. The Labute approximate surface area is 88.8 Å². The zero-order valence-electron chi connectivity index (χ0n) is 7.67. The van der Waals surface area contributed by atoms with E-state index in [0.29, 0.717) is 10.1 Å². The van der Waals surface area contributed by atoms with Gasteiger partial charge in [-0.3, -0.25) is 14.5 Å². The van der Waals surface area contributed by atoms with Gasteiger partial charge < -0.3 is 10.5 Å². The predicted octanol–water partition coefficient (Wildman–Crippen LogP) is -0.994. The number of nitrogens with zero attached hydrogens (tertiary/aromatic N) is 3. The lowest BCUT2D eigenvalue weighted by molar-refractivity contribution is -0.159. The predicted molar refractivity (Wildman–Crippen MR) is 50.7 cm³/mol. The molecule has 0 aromatic carbocycles. The van der Waals surface area contributed by atoms with Crippen molar-refractivity contribution in [2.45, 2.75) is 6.54 Å². The van der Waals surface area contributed by atoms with Crippen molar-refractivity contribution in [1.82, 2.24) is 15.1 Å². The topological polar surface area (TPSA) is 98.4 Å². The Hall–Kier alpha value is -1.54. The number of nitrogens with two attached hydrogens (primary N) is 1. The average molecular weight is 228 g/mol. The molecule has 2 rings (SSSR count). The summed E-state index contributed by atoms with van der Waals surface area (Å²) in [6, 6.07) is 0. The van der Waals surface area contributed by atoms with Crippen molar-refractivity contribution >= 4 is 28.3 Å². The van der Waals surface area contributed by atoms with Crippen molar-refractivity contribution in [2.75, 3.05) is 18.9 Å². The van der Waals surface area contributed by atoms with Crippen molar-refractivity contribution in [1.29, 1.82) is 0 Å². The van der Waals surface area contributed by atoms with Crippen molar-refractivity contribution in [3.8, 4) is 0 Å². The Morgan fingerprint density at radius 2 is 2.00 bits per heavy atom. The number of carbonyl (C=O) groups excluding carboxylic acids is 2. The normalized spacial score (nSPS) is 17.2. The number of nitrogen functional groups attached to an aromatic ring is 1. The van der Waals surface area contributed by atoms with Gasteiger partial charge in [-0.25, -0.2) is 0 Å². The van der Waals surface area contributed by atoms with Gasteiger partial charge in [-0.2, -0.15) is 0 Å². The van der Waals surface area contributed by atoms with Crippen LogP contribution in [-0.2, 0) is 20.9 Å². The van der Waals surface area contributed by atoms with E-state index >= 15 is 0 Å². The molecular weight excluding hydrogens is 220 g/mol. The highest BCUT2D eigenvalue weighted by molar-refractivity contribution is 7.15. The summed E-state index contributed by atoms with van der Waals surface area (Å²) in [5, 5.41) is 8.19. The quantitative estimate of drug-likeness (QED) is 0.652. The molecule has 1 fully saturated rings. The van der Waals surface area contributed by atoms with E-state index in [-0.39, 0.29) is 31.6 Å². The third kappa shape index (κ3) is 2.10. The second-order valence-electron chi connectivity index (χ2n) is 2.90. The Kier molecular flexibility index (Phi) is 2.60. The lowest BCUT2D eigenvalue weighted by Gasteiger charge is -2.23. The maximum Gasteiger partial charge on any atom is 0.255 e. The second-order valence-corrected chi connectivity index (χ2v) is 3.99. The fourth-order valence-corrected chi connectivity index (χ4v) is 1.76. The number of rotatable bonds is 2. The third-order valence-corrected chi connectivity index (χ3v) is 2.57. The van der Waals surface area contributed by atoms with Crippen LogP contribution in [0.15, 0.2) is 0 Å². The minimum atomic E-state index is -0.361. The summed E-state index contributed by atoms with van der Waals surface area (Å²) < 4.78 is 4.77. The van der Waals surface area contributed by atoms with Gasteiger partial charge in [0.05, 0.1) is 6.54 Å². The van der Waals surface area contributed by atoms with E-state index in [1.807, 2.05) is 0 Å². The Morgan fingerprint density at radius 1 is 1.33 bits per heavy atom. The van der Waals surface area contributed by atoms with Gasteiger partial charge in [0, 0.05) is 0 Å². The highest BCUT2D eigenvalue weighted by Crippen LogP contribution is 2.14. The van der Waals surface area contributed by atoms with Crippen LogP contribution in [0, 0.1) is 0 Å². The summed E-state index contributed by atoms with van der Waals surface area (Å²) in [4.78, 5) is 23.7. The number of imide groups is 1. The van der Waals surface area contributed by atoms with E-state index in [4.69, 9.17) is 10.5 Å². The summed E-state index contributed by atoms with van der Waals surface area (Å²) in [6.45, 7) is -0.0179. The van der Waals surface area contributed by atoms with Crippen LogP contribution in [0.3, 0.4) is 0 Å². The highest BCUT2D eigenvalue weighted by atomic mass is 32.1. The number of morpholine rings is 1. The van der Waals surface area contributed by atoms with Crippen LogP contribution >= 0.6 is 11.3 Å². The zero-order chi connectivity index (χ0) is 10.8. The van der Waals surface area contributed by atoms with Gasteiger partial charge >= 0.3 is 0 Å². The molecule has 2 amide bonds. The minimum Gasteiger partial charge on any atom is -0.374 e. The zero-order valence-corrected chi connectivity index (χ0v) is 8.49. The van der Waals surface area contributed by atoms with Crippen LogP contribution in [0.2, 0.25) is 0 Å². The molecule has 80 valence electrons. The first-order chi connectivity index (χ1) is 7.16. The largest absolute Gasteiger partial charge is 0.374 e. The van der Waals surface area contributed by atoms with Crippen LogP contribution in [0.5, 0.6) is 0 Å². The molecule has 1 aromatic rings. The van der Waals surface area contributed by atoms with E-state index in [1.54, 1.807) is 0 Å². The van der Waals surface area contributed by atoms with Crippen molar-refractivity contribution < 1.29 is 14.3 Å². The molecule has 1 saturated heterocycles. The van der Waals surface area contributed by atoms with Crippen LogP contribution in [-0.4, -0.2) is 40.1 Å². The number of aromatic nitrogens is 2. The summed E-state index contributed by atoms with van der Waals surface area (Å²) in [7, 11) is 0. The lowest BCUT2D eigenvalue weighted by Crippen LogP contribution is -2.45. The molecule has 1 aliphatic heterocycles. The van der Waals surface area contributed by atoms with Crippen LogP contribution in [0.25, 0.3) is 0 Å². The monoisotopic (exact) mass is 228 g/mol. The second kappa shape index (κ2) is 3.91. The average Bonchev–Trinajstić information content (AvgIpc) is 2.58. The summed E-state index contributed by atoms with van der Waals surface area (Å²) in [5.74, 6) is -0.722. The Balaban J connectivity index is 2.09. The van der Waals surface area contributed by atoms with Gasteiger partial charge in [0.25, 0.3) is 11.8 Å². The number of ether oxygens (including phenoxy) is 1. The number of carbonyl (C=O) groups is 2. The van der Waals surface area contributed by atoms with E-state index in [1.165, 1.54) is 0 Å². The summed E-state index contributed by atoms with van der Waals surface area (Å²) in [5.41, 5.74) is 5.38. The molecule has 0 spiro atoms.